The van der Waals surface area contributed by atoms with Crippen LogP contribution in [-0.4, -0.2) is 24.6 Å². The molecule has 8 nitrogen and oxygen atoms in total. The maximum atomic E-state index is 12.4. The summed E-state index contributed by atoms with van der Waals surface area (Å²) in [5.74, 6) is -0.0744. The molecule has 1 aromatic carbocycles. The van der Waals surface area contributed by atoms with Crippen molar-refractivity contribution in [2.45, 2.75) is 25.9 Å². The highest BCUT2D eigenvalue weighted by molar-refractivity contribution is 6.30. The molecule has 0 fully saturated rings. The molecular weight excluding hydrogens is 370 g/mol. The Balaban J connectivity index is 1.60. The molecule has 9 heteroatoms. The minimum Gasteiger partial charge on any atom is -0.352 e. The summed E-state index contributed by atoms with van der Waals surface area (Å²) in [6.07, 6.45) is 2.39. The van der Waals surface area contributed by atoms with Crippen LogP contribution in [0.5, 0.6) is 0 Å². The second-order valence-corrected chi connectivity index (χ2v) is 6.76. The number of hydrogen-bond donors (Lipinski definition) is 1. The zero-order chi connectivity index (χ0) is 19.6. The summed E-state index contributed by atoms with van der Waals surface area (Å²) in [5, 5.41) is 3.51. The van der Waals surface area contributed by atoms with Crippen molar-refractivity contribution in [2.75, 3.05) is 0 Å². The van der Waals surface area contributed by atoms with Crippen LogP contribution in [0.15, 0.2) is 40.2 Å². The predicted octanol–water partition coefficient (Wildman–Crippen LogP) is 1.18. The Hall–Kier alpha value is -2.87. The van der Waals surface area contributed by atoms with E-state index in [4.69, 9.17) is 11.6 Å². The Kier molecular flexibility index (Phi) is 5.46. The average molecular weight is 390 g/mol. The second kappa shape index (κ2) is 7.79. The largest absolute Gasteiger partial charge is 0.352 e. The lowest BCUT2D eigenvalue weighted by Gasteiger charge is -2.08. The molecule has 142 valence electrons. The number of halogens is 1. The van der Waals surface area contributed by atoms with E-state index in [-0.39, 0.29) is 5.91 Å². The number of fused-ring (bicyclic) bond motifs is 1. The van der Waals surface area contributed by atoms with Gasteiger partial charge in [0, 0.05) is 38.6 Å². The maximum Gasteiger partial charge on any atom is 0.332 e. The van der Waals surface area contributed by atoms with Gasteiger partial charge in [-0.1, -0.05) is 23.7 Å². The number of imidazole rings is 1. The zero-order valence-electron chi connectivity index (χ0n) is 15.1. The Morgan fingerprint density at radius 2 is 1.85 bits per heavy atom. The fourth-order valence-corrected chi connectivity index (χ4v) is 2.99. The first-order valence-electron chi connectivity index (χ1n) is 8.50. The molecule has 0 saturated heterocycles. The van der Waals surface area contributed by atoms with E-state index in [2.05, 4.69) is 10.3 Å². The van der Waals surface area contributed by atoms with E-state index in [0.29, 0.717) is 42.1 Å². The van der Waals surface area contributed by atoms with Crippen molar-refractivity contribution in [3.63, 3.8) is 0 Å². The summed E-state index contributed by atoms with van der Waals surface area (Å²) in [7, 11) is 3.01. The first-order valence-corrected chi connectivity index (χ1v) is 8.88. The number of aryl methyl sites for hydroxylation is 2. The van der Waals surface area contributed by atoms with Gasteiger partial charge in [0.2, 0.25) is 5.91 Å². The molecule has 0 spiro atoms. The molecule has 0 radical (unpaired) electrons. The molecule has 0 aliphatic heterocycles. The number of carbonyl (C=O) groups is 1. The monoisotopic (exact) mass is 389 g/mol. The summed E-state index contributed by atoms with van der Waals surface area (Å²) in [6.45, 7) is 0.894. The van der Waals surface area contributed by atoms with Gasteiger partial charge in [0.05, 0.1) is 6.33 Å². The third-order valence-corrected chi connectivity index (χ3v) is 4.67. The molecule has 0 atom stereocenters. The van der Waals surface area contributed by atoms with Crippen molar-refractivity contribution >= 4 is 28.7 Å². The van der Waals surface area contributed by atoms with Gasteiger partial charge < -0.3 is 9.88 Å². The van der Waals surface area contributed by atoms with E-state index >= 15 is 0 Å². The van der Waals surface area contributed by atoms with Crippen LogP contribution in [0, 0.1) is 0 Å². The van der Waals surface area contributed by atoms with Gasteiger partial charge in [-0.05, 0) is 24.1 Å². The van der Waals surface area contributed by atoms with E-state index in [1.807, 2.05) is 12.1 Å². The number of rotatable bonds is 6. The van der Waals surface area contributed by atoms with E-state index in [1.165, 1.54) is 17.9 Å². The van der Waals surface area contributed by atoms with Crippen LogP contribution in [0.3, 0.4) is 0 Å². The van der Waals surface area contributed by atoms with Crippen LogP contribution in [-0.2, 0) is 32.0 Å². The molecule has 3 aromatic rings. The third-order valence-electron chi connectivity index (χ3n) is 4.42. The molecule has 3 rings (SSSR count). The first-order chi connectivity index (χ1) is 12.9. The van der Waals surface area contributed by atoms with Crippen LogP contribution in [0.1, 0.15) is 18.4 Å². The lowest BCUT2D eigenvalue weighted by molar-refractivity contribution is -0.121. The number of hydrogen-bond acceptors (Lipinski definition) is 4. The van der Waals surface area contributed by atoms with Crippen LogP contribution in [0.2, 0.25) is 5.02 Å². The summed E-state index contributed by atoms with van der Waals surface area (Å²) >= 11 is 5.84. The molecule has 0 aliphatic carbocycles. The van der Waals surface area contributed by atoms with E-state index in [1.54, 1.807) is 23.7 Å². The Bertz CT molecular complexity index is 1100. The quantitative estimate of drug-likeness (QED) is 0.685. The van der Waals surface area contributed by atoms with Gasteiger partial charge in [-0.25, -0.2) is 9.78 Å². The molecule has 27 heavy (non-hydrogen) atoms. The predicted molar refractivity (Wildman–Crippen MR) is 103 cm³/mol. The Morgan fingerprint density at radius 1 is 1.15 bits per heavy atom. The van der Waals surface area contributed by atoms with Gasteiger partial charge in [0.1, 0.15) is 0 Å². The number of benzene rings is 1. The average Bonchev–Trinajstić information content (AvgIpc) is 3.08. The number of nitrogens with one attached hydrogen (secondary N) is 1. The van der Waals surface area contributed by atoms with Crippen molar-refractivity contribution in [1.82, 2.24) is 24.0 Å². The van der Waals surface area contributed by atoms with Crippen molar-refractivity contribution in [3.05, 3.63) is 62.0 Å². The smallest absolute Gasteiger partial charge is 0.332 e. The van der Waals surface area contributed by atoms with Gasteiger partial charge in [0.25, 0.3) is 5.56 Å². The summed E-state index contributed by atoms with van der Waals surface area (Å²) in [6, 6.07) is 7.28. The fraction of sp³-hybridized carbons (Fsp3) is 0.333. The Labute approximate surface area is 160 Å². The van der Waals surface area contributed by atoms with Gasteiger partial charge in [-0.3, -0.25) is 18.7 Å². The topological polar surface area (TPSA) is 90.9 Å². The highest BCUT2D eigenvalue weighted by Crippen LogP contribution is 2.10. The lowest BCUT2D eigenvalue weighted by atomic mass is 10.2. The van der Waals surface area contributed by atoms with Gasteiger partial charge in [-0.15, -0.1) is 0 Å². The molecular formula is C18H20ClN5O3. The third kappa shape index (κ3) is 3.95. The van der Waals surface area contributed by atoms with Gasteiger partial charge in [0.15, 0.2) is 11.2 Å². The second-order valence-electron chi connectivity index (χ2n) is 6.32. The van der Waals surface area contributed by atoms with Crippen LogP contribution in [0.4, 0.5) is 0 Å². The first kappa shape index (κ1) is 18.9. The van der Waals surface area contributed by atoms with Crippen molar-refractivity contribution in [3.8, 4) is 0 Å². The van der Waals surface area contributed by atoms with Crippen LogP contribution < -0.4 is 16.6 Å². The summed E-state index contributed by atoms with van der Waals surface area (Å²) in [5.41, 5.74) is 0.867. The number of nitrogens with zero attached hydrogens (tertiary/aromatic N) is 4. The molecule has 0 saturated carbocycles. The lowest BCUT2D eigenvalue weighted by Crippen LogP contribution is -2.37. The van der Waals surface area contributed by atoms with Crippen molar-refractivity contribution < 1.29 is 4.79 Å². The van der Waals surface area contributed by atoms with Crippen molar-refractivity contribution in [1.29, 1.82) is 0 Å². The highest BCUT2D eigenvalue weighted by atomic mass is 35.5. The molecule has 1 N–H and O–H groups in total. The normalized spacial score (nSPS) is 11.1. The van der Waals surface area contributed by atoms with Crippen LogP contribution in [0.25, 0.3) is 11.2 Å². The number of carbonyl (C=O) groups excluding carboxylic acids is 1. The summed E-state index contributed by atoms with van der Waals surface area (Å²) in [4.78, 5) is 40.5. The zero-order valence-corrected chi connectivity index (χ0v) is 15.9. The van der Waals surface area contributed by atoms with Crippen LogP contribution >= 0.6 is 11.6 Å². The Morgan fingerprint density at radius 3 is 2.56 bits per heavy atom. The van der Waals surface area contributed by atoms with E-state index in [9.17, 15) is 14.4 Å². The molecule has 2 aromatic heterocycles. The minimum atomic E-state index is -0.417. The SMILES string of the molecule is Cn1c(=O)c2c(ncn2CCCC(=O)NCc2ccc(Cl)cc2)n(C)c1=O. The molecule has 0 unspecified atom stereocenters. The summed E-state index contributed by atoms with van der Waals surface area (Å²) < 4.78 is 4.08. The van der Waals surface area contributed by atoms with E-state index < -0.39 is 11.2 Å². The molecule has 1 amide bonds. The van der Waals surface area contributed by atoms with Crippen molar-refractivity contribution in [2.24, 2.45) is 14.1 Å². The number of aromatic nitrogens is 4. The number of amides is 1. The molecule has 2 heterocycles. The highest BCUT2D eigenvalue weighted by Gasteiger charge is 2.14. The minimum absolute atomic E-state index is 0.0744. The standard InChI is InChI=1S/C18H20ClN5O3/c1-22-16-15(17(26)23(2)18(22)27)24(11-21-16)9-3-4-14(25)20-10-12-5-7-13(19)8-6-12/h5-8,11H,3-4,9-10H2,1-2H3,(H,20,25). The maximum absolute atomic E-state index is 12.4. The van der Waals surface area contributed by atoms with E-state index in [0.717, 1.165) is 10.1 Å². The van der Waals surface area contributed by atoms with Gasteiger partial charge >= 0.3 is 5.69 Å². The molecule has 0 bridgehead atoms. The molecule has 0 aliphatic rings. The fourth-order valence-electron chi connectivity index (χ4n) is 2.87. The van der Waals surface area contributed by atoms with Gasteiger partial charge in [-0.2, -0.15) is 0 Å².